The molecule has 0 bridgehead atoms. The number of hydrogen-bond acceptors (Lipinski definition) is 6. The third kappa shape index (κ3) is 3.90. The fraction of sp³-hybridized carbons (Fsp3) is 0.312. The van der Waals surface area contributed by atoms with Crippen LogP contribution >= 0.6 is 11.6 Å². The van der Waals surface area contributed by atoms with Gasteiger partial charge in [0.25, 0.3) is 0 Å². The van der Waals surface area contributed by atoms with Gasteiger partial charge < -0.3 is 15.5 Å². The summed E-state index contributed by atoms with van der Waals surface area (Å²) in [5.41, 5.74) is 7.40. The maximum atomic E-state index is 6.20. The molecular weight excluding hydrogens is 314 g/mol. The molecule has 0 spiro atoms. The van der Waals surface area contributed by atoms with Crippen LogP contribution in [0.1, 0.15) is 24.0 Å². The standard InChI is InChI=1S/C16H18ClN5O/c17-14-13(10-19-23-11-12-6-2-1-3-7-12)15(21-16(18)20-14)22-8-4-5-9-22/h1-3,6-7,10H,4-5,8-9,11H2,(H2,18,20,21)/b19-10+. The van der Waals surface area contributed by atoms with E-state index < -0.39 is 0 Å². The van der Waals surface area contributed by atoms with E-state index in [2.05, 4.69) is 20.0 Å². The molecule has 1 aliphatic rings. The number of benzene rings is 1. The van der Waals surface area contributed by atoms with Gasteiger partial charge in [0.15, 0.2) is 0 Å². The lowest BCUT2D eigenvalue weighted by Gasteiger charge is -2.19. The minimum absolute atomic E-state index is 0.166. The SMILES string of the molecule is Nc1nc(Cl)c(/C=N/OCc2ccccc2)c(N2CCCC2)n1. The van der Waals surface area contributed by atoms with Gasteiger partial charge in [0.2, 0.25) is 5.95 Å². The molecule has 3 rings (SSSR count). The van der Waals surface area contributed by atoms with Crippen molar-refractivity contribution in [3.05, 3.63) is 46.6 Å². The van der Waals surface area contributed by atoms with Crippen LogP contribution in [0.2, 0.25) is 5.15 Å². The number of nitrogen functional groups attached to an aromatic ring is 1. The molecule has 0 radical (unpaired) electrons. The van der Waals surface area contributed by atoms with Crippen molar-refractivity contribution in [2.45, 2.75) is 19.4 Å². The van der Waals surface area contributed by atoms with Crippen molar-refractivity contribution in [3.63, 3.8) is 0 Å². The average molecular weight is 332 g/mol. The minimum Gasteiger partial charge on any atom is -0.391 e. The van der Waals surface area contributed by atoms with Gasteiger partial charge >= 0.3 is 0 Å². The number of nitrogens with two attached hydrogens (primary N) is 1. The fourth-order valence-electron chi connectivity index (χ4n) is 2.50. The van der Waals surface area contributed by atoms with Gasteiger partial charge in [-0.25, -0.2) is 4.98 Å². The summed E-state index contributed by atoms with van der Waals surface area (Å²) in [5, 5.41) is 4.29. The van der Waals surface area contributed by atoms with E-state index in [1.54, 1.807) is 6.21 Å². The maximum Gasteiger partial charge on any atom is 0.223 e. The van der Waals surface area contributed by atoms with Crippen molar-refractivity contribution in [1.29, 1.82) is 0 Å². The molecule has 2 N–H and O–H groups in total. The van der Waals surface area contributed by atoms with Crippen LogP contribution in [0.5, 0.6) is 0 Å². The quantitative estimate of drug-likeness (QED) is 0.518. The molecule has 0 saturated carbocycles. The highest BCUT2D eigenvalue weighted by molar-refractivity contribution is 6.32. The van der Waals surface area contributed by atoms with Gasteiger partial charge in [-0.3, -0.25) is 0 Å². The van der Waals surface area contributed by atoms with Crippen LogP contribution in [0, 0.1) is 0 Å². The largest absolute Gasteiger partial charge is 0.391 e. The van der Waals surface area contributed by atoms with Crippen molar-refractivity contribution in [2.24, 2.45) is 5.16 Å². The minimum atomic E-state index is 0.166. The highest BCUT2D eigenvalue weighted by Gasteiger charge is 2.20. The van der Waals surface area contributed by atoms with Crippen molar-refractivity contribution in [2.75, 3.05) is 23.7 Å². The molecule has 2 aromatic rings. The smallest absolute Gasteiger partial charge is 0.223 e. The summed E-state index contributed by atoms with van der Waals surface area (Å²) >= 11 is 6.20. The first-order valence-electron chi connectivity index (χ1n) is 7.51. The van der Waals surface area contributed by atoms with Crippen LogP contribution in [0.4, 0.5) is 11.8 Å². The van der Waals surface area contributed by atoms with Crippen LogP contribution in [0.15, 0.2) is 35.5 Å². The van der Waals surface area contributed by atoms with E-state index in [1.807, 2.05) is 30.3 Å². The molecule has 0 unspecified atom stereocenters. The Balaban J connectivity index is 1.74. The first-order valence-corrected chi connectivity index (χ1v) is 7.89. The molecule has 2 heterocycles. The molecule has 0 atom stereocenters. The van der Waals surface area contributed by atoms with Gasteiger partial charge in [0, 0.05) is 13.1 Å². The maximum absolute atomic E-state index is 6.20. The first kappa shape index (κ1) is 15.6. The summed E-state index contributed by atoms with van der Waals surface area (Å²) in [6, 6.07) is 9.83. The van der Waals surface area contributed by atoms with Gasteiger partial charge in [-0.2, -0.15) is 4.98 Å². The Morgan fingerprint density at radius 2 is 1.96 bits per heavy atom. The molecule has 23 heavy (non-hydrogen) atoms. The normalized spacial score (nSPS) is 14.6. The molecule has 1 saturated heterocycles. The Labute approximate surface area is 139 Å². The molecule has 0 amide bonds. The molecular formula is C16H18ClN5O. The van der Waals surface area contributed by atoms with E-state index in [-0.39, 0.29) is 11.1 Å². The summed E-state index contributed by atoms with van der Waals surface area (Å²) in [5.74, 6) is 0.881. The third-order valence-electron chi connectivity index (χ3n) is 3.63. The lowest BCUT2D eigenvalue weighted by molar-refractivity contribution is 0.132. The van der Waals surface area contributed by atoms with E-state index in [0.29, 0.717) is 18.0 Å². The predicted octanol–water partition coefficient (Wildman–Crippen LogP) is 2.86. The number of hydrogen-bond donors (Lipinski definition) is 1. The van der Waals surface area contributed by atoms with Crippen molar-refractivity contribution in [1.82, 2.24) is 9.97 Å². The number of aromatic nitrogens is 2. The molecule has 1 aromatic heterocycles. The number of anilines is 2. The van der Waals surface area contributed by atoms with Crippen molar-refractivity contribution < 1.29 is 4.84 Å². The van der Waals surface area contributed by atoms with Crippen LogP contribution in [0.3, 0.4) is 0 Å². The Morgan fingerprint density at radius 1 is 1.22 bits per heavy atom. The van der Waals surface area contributed by atoms with Gasteiger partial charge in [0.05, 0.1) is 11.8 Å². The van der Waals surface area contributed by atoms with Crippen LogP contribution in [-0.2, 0) is 11.4 Å². The second-order valence-electron chi connectivity index (χ2n) is 5.30. The second kappa shape index (κ2) is 7.28. The van der Waals surface area contributed by atoms with Gasteiger partial charge in [-0.15, -0.1) is 0 Å². The van der Waals surface area contributed by atoms with E-state index in [0.717, 1.165) is 31.5 Å². The van der Waals surface area contributed by atoms with Gasteiger partial charge in [0.1, 0.15) is 17.6 Å². The van der Waals surface area contributed by atoms with Crippen LogP contribution < -0.4 is 10.6 Å². The Bertz CT molecular complexity index is 686. The topological polar surface area (TPSA) is 76.6 Å². The second-order valence-corrected chi connectivity index (χ2v) is 5.66. The van der Waals surface area contributed by atoms with E-state index in [9.17, 15) is 0 Å². The number of rotatable bonds is 5. The summed E-state index contributed by atoms with van der Waals surface area (Å²) in [6.45, 7) is 2.25. The molecule has 7 heteroatoms. The fourth-order valence-corrected chi connectivity index (χ4v) is 2.72. The Hall–Kier alpha value is -2.34. The molecule has 1 fully saturated rings. The molecule has 1 aliphatic heterocycles. The molecule has 6 nitrogen and oxygen atoms in total. The monoisotopic (exact) mass is 331 g/mol. The molecule has 0 aliphatic carbocycles. The highest BCUT2D eigenvalue weighted by atomic mass is 35.5. The summed E-state index contributed by atoms with van der Waals surface area (Å²) < 4.78 is 0. The highest BCUT2D eigenvalue weighted by Crippen LogP contribution is 2.26. The number of oxime groups is 1. The van der Waals surface area contributed by atoms with Crippen molar-refractivity contribution >= 4 is 29.6 Å². The van der Waals surface area contributed by atoms with E-state index in [4.69, 9.17) is 22.2 Å². The Morgan fingerprint density at radius 3 is 2.70 bits per heavy atom. The zero-order valence-electron chi connectivity index (χ0n) is 12.7. The summed E-state index contributed by atoms with van der Waals surface area (Å²) in [4.78, 5) is 15.8. The molecule has 1 aromatic carbocycles. The zero-order valence-corrected chi connectivity index (χ0v) is 13.4. The third-order valence-corrected chi connectivity index (χ3v) is 3.92. The summed E-state index contributed by atoms with van der Waals surface area (Å²) in [6.07, 6.45) is 3.81. The van der Waals surface area contributed by atoms with E-state index in [1.165, 1.54) is 0 Å². The molecule has 120 valence electrons. The van der Waals surface area contributed by atoms with Crippen LogP contribution in [0.25, 0.3) is 0 Å². The number of halogens is 1. The Kier molecular flexibility index (Phi) is 4.92. The van der Waals surface area contributed by atoms with Crippen LogP contribution in [-0.4, -0.2) is 29.3 Å². The number of nitrogens with zero attached hydrogens (tertiary/aromatic N) is 4. The van der Waals surface area contributed by atoms with Crippen molar-refractivity contribution in [3.8, 4) is 0 Å². The summed E-state index contributed by atoms with van der Waals surface area (Å²) in [7, 11) is 0. The van der Waals surface area contributed by atoms with Gasteiger partial charge in [-0.05, 0) is 18.4 Å². The van der Waals surface area contributed by atoms with Gasteiger partial charge in [-0.1, -0.05) is 47.1 Å². The lowest BCUT2D eigenvalue weighted by atomic mass is 10.2. The lowest BCUT2D eigenvalue weighted by Crippen LogP contribution is -2.22. The van der Waals surface area contributed by atoms with E-state index >= 15 is 0 Å². The first-order chi connectivity index (χ1) is 11.2. The average Bonchev–Trinajstić information content (AvgIpc) is 3.08. The zero-order chi connectivity index (χ0) is 16.1. The predicted molar refractivity (Wildman–Crippen MR) is 91.7 cm³/mol.